The van der Waals surface area contributed by atoms with Crippen LogP contribution in [0.15, 0.2) is 102 Å². The lowest BCUT2D eigenvalue weighted by Gasteiger charge is -2.15. The summed E-state index contributed by atoms with van der Waals surface area (Å²) in [6.45, 7) is 3.96. The van der Waals surface area contributed by atoms with Crippen molar-refractivity contribution < 1.29 is 14.4 Å². The van der Waals surface area contributed by atoms with Crippen LogP contribution in [0.4, 0.5) is 10.8 Å². The van der Waals surface area contributed by atoms with Crippen molar-refractivity contribution in [2.45, 2.75) is 30.4 Å². The molecule has 11 heteroatoms. The number of aromatic nitrogens is 1. The molecule has 0 saturated heterocycles. The first-order chi connectivity index (χ1) is 21.7. The minimum atomic E-state index is -0.552. The number of carbonyl (C=O) groups excluding carboxylic acids is 3. The maximum absolute atomic E-state index is 13.5. The van der Waals surface area contributed by atoms with Crippen LogP contribution >= 0.6 is 46.3 Å². The monoisotopic (exact) mass is 674 g/mol. The molecule has 0 saturated carbocycles. The average Bonchev–Trinajstić information content (AvgIpc) is 3.42. The third kappa shape index (κ3) is 8.52. The summed E-state index contributed by atoms with van der Waals surface area (Å²) in [5.41, 5.74) is 3.35. The van der Waals surface area contributed by atoms with E-state index in [9.17, 15) is 14.4 Å². The zero-order chi connectivity index (χ0) is 31.9. The molecule has 7 nitrogen and oxygen atoms in total. The highest BCUT2D eigenvalue weighted by atomic mass is 35.5. The van der Waals surface area contributed by atoms with Crippen LogP contribution in [0.5, 0.6) is 0 Å². The molecule has 1 heterocycles. The number of carbonyl (C=O) groups is 3. The van der Waals surface area contributed by atoms with Gasteiger partial charge in [0.2, 0.25) is 5.91 Å². The van der Waals surface area contributed by atoms with Gasteiger partial charge in [-0.3, -0.25) is 14.4 Å². The Kier molecular flexibility index (Phi) is 10.6. The van der Waals surface area contributed by atoms with Gasteiger partial charge in [0, 0.05) is 26.2 Å². The predicted octanol–water partition coefficient (Wildman–Crippen LogP) is 8.83. The molecule has 5 aromatic rings. The second kappa shape index (κ2) is 14.8. The van der Waals surface area contributed by atoms with Crippen molar-refractivity contribution in [2.75, 3.05) is 10.6 Å². The van der Waals surface area contributed by atoms with Gasteiger partial charge in [0.05, 0.1) is 15.5 Å². The Morgan fingerprint density at radius 1 is 0.933 bits per heavy atom. The SMILES string of the molecule is CCC(Sc1cccc(NC(=O)/C(=C\c2ccc(Cl)cc2Cl)NC(=O)c2ccccc2)c1)C(=O)Nc1nc2ccc(C)cc2s1. The third-order valence-corrected chi connectivity index (χ3v) is 9.45. The van der Waals surface area contributed by atoms with E-state index in [-0.39, 0.29) is 11.6 Å². The summed E-state index contributed by atoms with van der Waals surface area (Å²) in [6.07, 6.45) is 2.07. The summed E-state index contributed by atoms with van der Waals surface area (Å²) in [4.78, 5) is 45.0. The molecule has 0 spiro atoms. The Balaban J connectivity index is 1.31. The summed E-state index contributed by atoms with van der Waals surface area (Å²) in [6, 6.07) is 26.6. The first-order valence-corrected chi connectivity index (χ1v) is 16.4. The van der Waals surface area contributed by atoms with Gasteiger partial charge in [-0.25, -0.2) is 4.98 Å². The van der Waals surface area contributed by atoms with Crippen LogP contribution in [-0.4, -0.2) is 28.0 Å². The zero-order valence-electron chi connectivity index (χ0n) is 24.3. The minimum Gasteiger partial charge on any atom is -0.321 e. The largest absolute Gasteiger partial charge is 0.321 e. The molecule has 1 unspecified atom stereocenters. The van der Waals surface area contributed by atoms with E-state index < -0.39 is 17.1 Å². The summed E-state index contributed by atoms with van der Waals surface area (Å²) >= 11 is 15.2. The lowest BCUT2D eigenvalue weighted by molar-refractivity contribution is -0.116. The number of halogens is 2. The van der Waals surface area contributed by atoms with Gasteiger partial charge >= 0.3 is 0 Å². The van der Waals surface area contributed by atoms with E-state index >= 15 is 0 Å². The molecule has 1 aromatic heterocycles. The fraction of sp³-hybridized carbons (Fsp3) is 0.118. The van der Waals surface area contributed by atoms with Gasteiger partial charge < -0.3 is 16.0 Å². The highest BCUT2D eigenvalue weighted by Crippen LogP contribution is 2.31. The first-order valence-electron chi connectivity index (χ1n) is 14.0. The van der Waals surface area contributed by atoms with Crippen molar-refractivity contribution in [3.05, 3.63) is 123 Å². The van der Waals surface area contributed by atoms with Crippen molar-refractivity contribution in [2.24, 2.45) is 0 Å². The Labute approximate surface area is 279 Å². The molecule has 0 aliphatic carbocycles. The maximum Gasteiger partial charge on any atom is 0.272 e. The Morgan fingerprint density at radius 3 is 2.49 bits per heavy atom. The molecule has 4 aromatic carbocycles. The van der Waals surface area contributed by atoms with Crippen LogP contribution in [0.1, 0.15) is 34.8 Å². The van der Waals surface area contributed by atoms with Crippen molar-refractivity contribution >= 4 is 91.1 Å². The molecule has 0 aliphatic rings. The van der Waals surface area contributed by atoms with E-state index in [1.807, 2.05) is 38.1 Å². The topological polar surface area (TPSA) is 100 Å². The van der Waals surface area contributed by atoms with Crippen molar-refractivity contribution in [1.29, 1.82) is 0 Å². The van der Waals surface area contributed by atoms with Gasteiger partial charge in [0.15, 0.2) is 5.13 Å². The maximum atomic E-state index is 13.5. The molecule has 228 valence electrons. The zero-order valence-corrected chi connectivity index (χ0v) is 27.4. The van der Waals surface area contributed by atoms with Crippen LogP contribution in [-0.2, 0) is 9.59 Å². The smallest absolute Gasteiger partial charge is 0.272 e. The number of thioether (sulfide) groups is 1. The Bertz CT molecular complexity index is 1910. The quantitative estimate of drug-likeness (QED) is 0.102. The van der Waals surface area contributed by atoms with Crippen LogP contribution in [0, 0.1) is 6.92 Å². The van der Waals surface area contributed by atoms with E-state index in [1.54, 1.807) is 66.7 Å². The van der Waals surface area contributed by atoms with E-state index in [0.717, 1.165) is 20.7 Å². The number of benzene rings is 4. The highest BCUT2D eigenvalue weighted by molar-refractivity contribution is 8.00. The Morgan fingerprint density at radius 2 is 1.73 bits per heavy atom. The molecule has 5 rings (SSSR count). The van der Waals surface area contributed by atoms with Crippen molar-refractivity contribution in [3.63, 3.8) is 0 Å². The van der Waals surface area contributed by atoms with Crippen LogP contribution in [0.3, 0.4) is 0 Å². The average molecular weight is 676 g/mol. The number of hydrogen-bond acceptors (Lipinski definition) is 6. The third-order valence-electron chi connectivity index (χ3n) is 6.60. The summed E-state index contributed by atoms with van der Waals surface area (Å²) in [7, 11) is 0. The molecule has 3 amide bonds. The summed E-state index contributed by atoms with van der Waals surface area (Å²) in [5, 5.41) is 9.45. The second-order valence-corrected chi connectivity index (χ2v) is 13.2. The van der Waals surface area contributed by atoms with Gasteiger partial charge in [0.25, 0.3) is 11.8 Å². The van der Waals surface area contributed by atoms with Gasteiger partial charge in [-0.2, -0.15) is 0 Å². The standard InChI is InChI=1S/C34H28Cl2N4O3S2/c1-3-29(33(43)40-34-39-27-15-12-20(2)16-30(27)45-34)44-25-11-7-10-24(19-25)37-32(42)28(17-22-13-14-23(35)18-26(22)36)38-31(41)21-8-5-4-6-9-21/h4-19,29H,3H2,1-2H3,(H,37,42)(H,38,41)(H,39,40,43)/b28-17+. The van der Waals surface area contributed by atoms with Crippen LogP contribution < -0.4 is 16.0 Å². The van der Waals surface area contributed by atoms with E-state index in [2.05, 4.69) is 20.9 Å². The van der Waals surface area contributed by atoms with Gasteiger partial charge in [-0.15, -0.1) is 11.8 Å². The number of hydrogen-bond donors (Lipinski definition) is 3. The number of nitrogens with one attached hydrogen (secondary N) is 3. The summed E-state index contributed by atoms with van der Waals surface area (Å²) < 4.78 is 1.01. The number of fused-ring (bicyclic) bond motifs is 1. The highest BCUT2D eigenvalue weighted by Gasteiger charge is 2.21. The van der Waals surface area contributed by atoms with E-state index in [1.165, 1.54) is 29.2 Å². The number of amides is 3. The van der Waals surface area contributed by atoms with Crippen LogP contribution in [0.2, 0.25) is 10.0 Å². The lowest BCUT2D eigenvalue weighted by Crippen LogP contribution is -2.30. The number of thiazole rings is 1. The van der Waals surface area contributed by atoms with Crippen molar-refractivity contribution in [1.82, 2.24) is 10.3 Å². The van der Waals surface area contributed by atoms with Gasteiger partial charge in [0.1, 0.15) is 5.70 Å². The number of aryl methyl sites for hydroxylation is 1. The number of nitrogens with zero attached hydrogens (tertiary/aromatic N) is 1. The predicted molar refractivity (Wildman–Crippen MR) is 186 cm³/mol. The van der Waals surface area contributed by atoms with Crippen LogP contribution in [0.25, 0.3) is 16.3 Å². The van der Waals surface area contributed by atoms with Gasteiger partial charge in [-0.05, 0) is 85.1 Å². The lowest BCUT2D eigenvalue weighted by atomic mass is 10.1. The Hall–Kier alpha value is -4.15. The fourth-order valence-electron chi connectivity index (χ4n) is 4.32. The molecule has 0 aliphatic heterocycles. The molecule has 0 radical (unpaired) electrons. The molecular formula is C34H28Cl2N4O3S2. The molecule has 45 heavy (non-hydrogen) atoms. The van der Waals surface area contributed by atoms with E-state index in [0.29, 0.717) is 38.4 Å². The molecule has 1 atom stereocenters. The first kappa shape index (κ1) is 32.2. The van der Waals surface area contributed by atoms with Crippen molar-refractivity contribution in [3.8, 4) is 0 Å². The summed E-state index contributed by atoms with van der Waals surface area (Å²) in [5.74, 6) is -1.16. The normalized spacial score (nSPS) is 12.0. The molecule has 0 fully saturated rings. The molecular weight excluding hydrogens is 647 g/mol. The minimum absolute atomic E-state index is 0.0111. The fourth-order valence-corrected chi connectivity index (χ4v) is 6.76. The number of anilines is 2. The van der Waals surface area contributed by atoms with E-state index in [4.69, 9.17) is 23.2 Å². The second-order valence-electron chi connectivity index (χ2n) is 10.0. The molecule has 0 bridgehead atoms. The van der Waals surface area contributed by atoms with Gasteiger partial charge in [-0.1, -0.05) is 77.9 Å². The molecule has 3 N–H and O–H groups in total. The number of rotatable bonds is 10.